The molecule has 2 rings (SSSR count). The summed E-state index contributed by atoms with van der Waals surface area (Å²) in [6.07, 6.45) is 1.58. The number of hydrogen-bond acceptors (Lipinski definition) is 3. The normalized spacial score (nSPS) is 22.3. The van der Waals surface area contributed by atoms with Crippen molar-refractivity contribution in [2.24, 2.45) is 10.4 Å². The van der Waals surface area contributed by atoms with Gasteiger partial charge in [-0.2, -0.15) is 13.2 Å². The largest absolute Gasteiger partial charge is 0.451 e. The smallest absolute Gasteiger partial charge is 0.288 e. The summed E-state index contributed by atoms with van der Waals surface area (Å²) >= 11 is 0. The predicted molar refractivity (Wildman–Crippen MR) is 68.2 cm³/mol. The van der Waals surface area contributed by atoms with Crippen LogP contribution >= 0.6 is 0 Å². The molecule has 1 aliphatic rings. The second-order valence-corrected chi connectivity index (χ2v) is 4.49. The molecular weight excluding hydrogens is 269 g/mol. The summed E-state index contributed by atoms with van der Waals surface area (Å²) in [5, 5.41) is 0. The molecule has 1 atom stereocenters. The quantitative estimate of drug-likeness (QED) is 0.835. The van der Waals surface area contributed by atoms with Gasteiger partial charge in [-0.05, 0) is 31.2 Å². The van der Waals surface area contributed by atoms with Crippen molar-refractivity contribution in [3.8, 4) is 0 Å². The van der Waals surface area contributed by atoms with Crippen LogP contribution in [0.5, 0.6) is 0 Å². The highest BCUT2D eigenvalue weighted by atomic mass is 19.4. The van der Waals surface area contributed by atoms with Crippen molar-refractivity contribution in [1.29, 1.82) is 0 Å². The van der Waals surface area contributed by atoms with Crippen LogP contribution < -0.4 is 0 Å². The third-order valence-electron chi connectivity index (χ3n) is 2.90. The molecule has 0 saturated carbocycles. The molecule has 0 saturated heterocycles. The summed E-state index contributed by atoms with van der Waals surface area (Å²) in [6.45, 7) is 1.20. The molecule has 0 radical (unpaired) electrons. The lowest BCUT2D eigenvalue weighted by Gasteiger charge is -2.20. The third kappa shape index (κ3) is 2.84. The number of hydrogen-bond donors (Lipinski definition) is 0. The van der Waals surface area contributed by atoms with Gasteiger partial charge in [0.15, 0.2) is 0 Å². The molecule has 2 heterocycles. The highest BCUT2D eigenvalue weighted by molar-refractivity contribution is 6.08. The number of ketones is 1. The van der Waals surface area contributed by atoms with Crippen LogP contribution in [0.4, 0.5) is 13.2 Å². The van der Waals surface area contributed by atoms with Crippen LogP contribution in [0.2, 0.25) is 0 Å². The second-order valence-electron chi connectivity index (χ2n) is 4.49. The van der Waals surface area contributed by atoms with Crippen LogP contribution in [-0.2, 0) is 4.79 Å². The van der Waals surface area contributed by atoms with Gasteiger partial charge in [0, 0.05) is 12.4 Å². The second kappa shape index (κ2) is 5.03. The Bertz CT molecular complexity index is 603. The minimum Gasteiger partial charge on any atom is -0.288 e. The van der Waals surface area contributed by atoms with Crippen LogP contribution in [0.1, 0.15) is 12.6 Å². The van der Waals surface area contributed by atoms with Crippen LogP contribution in [0.3, 0.4) is 0 Å². The molecule has 0 amide bonds. The van der Waals surface area contributed by atoms with Gasteiger partial charge in [-0.1, -0.05) is 12.1 Å². The van der Waals surface area contributed by atoms with Crippen molar-refractivity contribution < 1.29 is 18.0 Å². The lowest BCUT2D eigenvalue weighted by Crippen LogP contribution is -2.36. The molecule has 0 aliphatic carbocycles. The van der Waals surface area contributed by atoms with E-state index in [1.165, 1.54) is 25.3 Å². The summed E-state index contributed by atoms with van der Waals surface area (Å²) in [4.78, 5) is 19.5. The fraction of sp³-hybridized carbons (Fsp3) is 0.214. The maximum atomic E-state index is 12.6. The van der Waals surface area contributed by atoms with Crippen molar-refractivity contribution >= 4 is 11.5 Å². The molecule has 104 valence electrons. The third-order valence-corrected chi connectivity index (χ3v) is 2.90. The molecule has 1 aliphatic heterocycles. The average molecular weight is 280 g/mol. The zero-order chi connectivity index (χ0) is 14.8. The molecule has 20 heavy (non-hydrogen) atoms. The van der Waals surface area contributed by atoms with E-state index in [4.69, 9.17) is 0 Å². The average Bonchev–Trinajstić information content (AvgIpc) is 2.61. The Balaban J connectivity index is 2.33. The molecule has 0 aromatic carbocycles. The Labute approximate surface area is 113 Å². The van der Waals surface area contributed by atoms with Crippen LogP contribution in [0.25, 0.3) is 0 Å². The Hall–Kier alpha value is -2.24. The topological polar surface area (TPSA) is 42.3 Å². The first-order chi connectivity index (χ1) is 9.33. The molecule has 0 spiro atoms. The van der Waals surface area contributed by atoms with Gasteiger partial charge in [0.25, 0.3) is 0 Å². The van der Waals surface area contributed by atoms with Crippen LogP contribution in [-0.4, -0.2) is 22.7 Å². The van der Waals surface area contributed by atoms with E-state index >= 15 is 0 Å². The van der Waals surface area contributed by atoms with Crippen molar-refractivity contribution in [2.45, 2.75) is 13.1 Å². The number of Topliss-reactive ketones (excluding diaryl/α,β-unsaturated/α-hetero) is 1. The summed E-state index contributed by atoms with van der Waals surface area (Å²) < 4.78 is 37.7. The Morgan fingerprint density at radius 2 is 2.00 bits per heavy atom. The van der Waals surface area contributed by atoms with Gasteiger partial charge in [-0.15, -0.1) is 0 Å². The summed E-state index contributed by atoms with van der Waals surface area (Å²) in [5.41, 5.74) is -0.823. The number of allylic oxidation sites excluding steroid dienone is 3. The first-order valence-electron chi connectivity index (χ1n) is 5.81. The minimum absolute atomic E-state index is 0.403. The first-order valence-corrected chi connectivity index (χ1v) is 5.81. The van der Waals surface area contributed by atoms with Gasteiger partial charge >= 0.3 is 6.18 Å². The molecule has 0 bridgehead atoms. The number of halogens is 3. The highest BCUT2D eigenvalue weighted by Crippen LogP contribution is 2.33. The number of carbonyl (C=O) groups is 1. The molecule has 1 aromatic rings. The number of aliphatic imine (C=N–C) groups is 1. The summed E-state index contributed by atoms with van der Waals surface area (Å²) in [6, 6.07) is 5.15. The van der Waals surface area contributed by atoms with Gasteiger partial charge in [0.1, 0.15) is 0 Å². The van der Waals surface area contributed by atoms with E-state index in [0.29, 0.717) is 11.4 Å². The molecule has 1 unspecified atom stereocenters. The molecule has 0 N–H and O–H groups in total. The Morgan fingerprint density at radius 1 is 1.25 bits per heavy atom. The van der Waals surface area contributed by atoms with E-state index in [1.54, 1.807) is 24.4 Å². The van der Waals surface area contributed by atoms with Gasteiger partial charge in [-0.25, -0.2) is 0 Å². The lowest BCUT2D eigenvalue weighted by molar-refractivity contribution is -0.176. The molecular formula is C14H11F3N2O. The Morgan fingerprint density at radius 3 is 2.60 bits per heavy atom. The van der Waals surface area contributed by atoms with E-state index in [9.17, 15) is 18.0 Å². The predicted octanol–water partition coefficient (Wildman–Crippen LogP) is 3.09. The van der Waals surface area contributed by atoms with E-state index in [-0.39, 0.29) is 0 Å². The van der Waals surface area contributed by atoms with Crippen LogP contribution in [0, 0.1) is 5.41 Å². The number of rotatable bonds is 2. The molecule has 6 heteroatoms. The fourth-order valence-electron chi connectivity index (χ4n) is 1.75. The molecule has 1 aromatic heterocycles. The number of alkyl halides is 3. The van der Waals surface area contributed by atoms with E-state index in [2.05, 4.69) is 9.98 Å². The monoisotopic (exact) mass is 280 g/mol. The summed E-state index contributed by atoms with van der Waals surface area (Å²) in [7, 11) is 0. The number of carbonyl (C=O) groups excluding carboxylic acids is 1. The maximum absolute atomic E-state index is 12.6. The van der Waals surface area contributed by atoms with E-state index in [1.807, 2.05) is 0 Å². The van der Waals surface area contributed by atoms with Gasteiger partial charge in [0.05, 0.1) is 16.8 Å². The molecule has 3 nitrogen and oxygen atoms in total. The van der Waals surface area contributed by atoms with Crippen molar-refractivity contribution in [1.82, 2.24) is 4.98 Å². The number of pyridine rings is 1. The fourth-order valence-corrected chi connectivity index (χ4v) is 1.75. The zero-order valence-electron chi connectivity index (χ0n) is 10.6. The number of aromatic nitrogens is 1. The van der Waals surface area contributed by atoms with E-state index in [0.717, 1.165) is 6.08 Å². The SMILES string of the molecule is CC1(C(=O)C(F)(F)F)C=CN=C(c2ccccn2)C=C1. The lowest BCUT2D eigenvalue weighted by atomic mass is 9.84. The minimum atomic E-state index is -4.89. The van der Waals surface area contributed by atoms with Crippen molar-refractivity contribution in [3.05, 3.63) is 54.5 Å². The summed E-state index contributed by atoms with van der Waals surface area (Å²) in [5.74, 6) is -1.82. The van der Waals surface area contributed by atoms with Gasteiger partial charge in [0.2, 0.25) is 5.78 Å². The standard InChI is InChI=1S/C14H11F3N2O/c1-13(12(20)14(15,16)17)6-5-11(19-9-7-13)10-4-2-3-8-18-10/h2-9H,1H3. The van der Waals surface area contributed by atoms with Gasteiger partial charge < -0.3 is 0 Å². The van der Waals surface area contributed by atoms with Gasteiger partial charge in [-0.3, -0.25) is 14.8 Å². The van der Waals surface area contributed by atoms with Crippen LogP contribution in [0.15, 0.2) is 53.8 Å². The van der Waals surface area contributed by atoms with E-state index < -0.39 is 17.4 Å². The maximum Gasteiger partial charge on any atom is 0.451 e. The van der Waals surface area contributed by atoms with Crippen molar-refractivity contribution in [3.63, 3.8) is 0 Å². The highest BCUT2D eigenvalue weighted by Gasteiger charge is 2.48. The molecule has 0 fully saturated rings. The Kier molecular flexibility index (Phi) is 3.57. The zero-order valence-corrected chi connectivity index (χ0v) is 10.6. The number of nitrogens with zero attached hydrogens (tertiary/aromatic N) is 2. The first kappa shape index (κ1) is 14.2. The van der Waals surface area contributed by atoms with Crippen molar-refractivity contribution in [2.75, 3.05) is 0 Å².